The molecule has 0 aromatic heterocycles. The third kappa shape index (κ3) is 58.3. The van der Waals surface area contributed by atoms with Crippen molar-refractivity contribution in [3.8, 4) is 0 Å². The number of aliphatic hydroxyl groups is 2. The second-order valence-corrected chi connectivity index (χ2v) is 21.1. The summed E-state index contributed by atoms with van der Waals surface area (Å²) in [5, 5.41) is 23.4. The van der Waals surface area contributed by atoms with Gasteiger partial charge in [-0.1, -0.05) is 324 Å². The first-order valence-electron chi connectivity index (χ1n) is 31.3. The Morgan fingerprint density at radius 1 is 0.352 bits per heavy atom. The zero-order chi connectivity index (χ0) is 51.3. The number of carbonyl (C=O) groups is 1. The van der Waals surface area contributed by atoms with Gasteiger partial charge in [0, 0.05) is 6.42 Å². The summed E-state index contributed by atoms with van der Waals surface area (Å²) >= 11 is 0. The Morgan fingerprint density at radius 3 is 0.930 bits per heavy atom. The smallest absolute Gasteiger partial charge is 0.220 e. The van der Waals surface area contributed by atoms with E-state index in [1.165, 1.54) is 218 Å². The van der Waals surface area contributed by atoms with Crippen LogP contribution >= 0.6 is 0 Å². The van der Waals surface area contributed by atoms with E-state index in [1.54, 1.807) is 0 Å². The van der Waals surface area contributed by atoms with Gasteiger partial charge in [0.05, 0.1) is 18.8 Å². The van der Waals surface area contributed by atoms with E-state index in [1.807, 2.05) is 0 Å². The molecule has 0 spiro atoms. The van der Waals surface area contributed by atoms with E-state index < -0.39 is 12.1 Å². The van der Waals surface area contributed by atoms with Crippen molar-refractivity contribution in [2.24, 2.45) is 0 Å². The van der Waals surface area contributed by atoms with Crippen molar-refractivity contribution in [3.05, 3.63) is 85.1 Å². The molecule has 71 heavy (non-hydrogen) atoms. The van der Waals surface area contributed by atoms with Crippen molar-refractivity contribution >= 4 is 5.91 Å². The largest absolute Gasteiger partial charge is 0.394 e. The topological polar surface area (TPSA) is 69.6 Å². The molecule has 0 saturated carbocycles. The summed E-state index contributed by atoms with van der Waals surface area (Å²) in [5.74, 6) is -0.0299. The quantitative estimate of drug-likeness (QED) is 0.0420. The van der Waals surface area contributed by atoms with Crippen LogP contribution < -0.4 is 5.32 Å². The van der Waals surface area contributed by atoms with E-state index in [0.717, 1.165) is 70.6 Å². The molecule has 412 valence electrons. The zero-order valence-corrected chi connectivity index (χ0v) is 47.5. The highest BCUT2D eigenvalue weighted by atomic mass is 16.3. The van der Waals surface area contributed by atoms with Crippen LogP contribution in [0.3, 0.4) is 0 Å². The lowest BCUT2D eigenvalue weighted by molar-refractivity contribution is -0.123. The fraction of sp³-hybridized carbons (Fsp3) is 0.776. The maximum Gasteiger partial charge on any atom is 0.220 e. The third-order valence-electron chi connectivity index (χ3n) is 14.2. The lowest BCUT2D eigenvalue weighted by atomic mass is 10.0. The minimum absolute atomic E-state index is 0.0299. The number of hydrogen-bond acceptors (Lipinski definition) is 3. The molecule has 2 unspecified atom stereocenters. The standard InChI is InChI=1S/C67H121NO3/c1-3-5-7-9-11-13-15-17-19-21-23-25-27-28-29-30-31-32-33-34-35-36-37-38-39-40-41-43-45-47-49-51-53-55-57-59-61-63-67(71)68-65(64-69)66(70)62-60-58-56-54-52-50-48-46-44-42-26-24-22-20-18-16-14-12-10-8-6-4-2/h5,7,11,13,17,19,23,25,28-29,31-32,34-35,65-66,69-70H,3-4,6,8-10,12,14-16,18,20-22,24,26-27,30,33,36-64H2,1-2H3,(H,68,71)/b7-5-,13-11-,19-17-,25-23-,29-28-,32-31-,35-34-. The predicted octanol–water partition coefficient (Wildman–Crippen LogP) is 21.1. The number of amides is 1. The Bertz CT molecular complexity index is 1260. The van der Waals surface area contributed by atoms with Crippen LogP contribution in [0, 0.1) is 0 Å². The van der Waals surface area contributed by atoms with Gasteiger partial charge in [0.25, 0.3) is 0 Å². The number of hydrogen-bond donors (Lipinski definition) is 3. The minimum atomic E-state index is -0.664. The molecule has 4 nitrogen and oxygen atoms in total. The number of allylic oxidation sites excluding steroid dienone is 14. The molecule has 0 fully saturated rings. The molecule has 0 aromatic rings. The first-order chi connectivity index (χ1) is 35.2. The van der Waals surface area contributed by atoms with E-state index in [2.05, 4.69) is 104 Å². The summed E-state index contributed by atoms with van der Waals surface area (Å²) in [5.41, 5.74) is 0. The number of rotatable bonds is 57. The number of nitrogens with one attached hydrogen (secondary N) is 1. The molecule has 0 aliphatic carbocycles. The highest BCUT2D eigenvalue weighted by molar-refractivity contribution is 5.76. The zero-order valence-electron chi connectivity index (χ0n) is 47.5. The first-order valence-corrected chi connectivity index (χ1v) is 31.3. The molecule has 4 heteroatoms. The average molecular weight is 989 g/mol. The Balaban J connectivity index is 3.48. The molecule has 0 aliphatic rings. The predicted molar refractivity (Wildman–Crippen MR) is 317 cm³/mol. The average Bonchev–Trinajstić information content (AvgIpc) is 3.37. The van der Waals surface area contributed by atoms with Crippen molar-refractivity contribution in [1.29, 1.82) is 0 Å². The van der Waals surface area contributed by atoms with Crippen molar-refractivity contribution < 1.29 is 15.0 Å². The Morgan fingerprint density at radius 2 is 0.620 bits per heavy atom. The fourth-order valence-electron chi connectivity index (χ4n) is 9.46. The molecular weight excluding hydrogens is 867 g/mol. The van der Waals surface area contributed by atoms with Gasteiger partial charge in [-0.15, -0.1) is 0 Å². The highest BCUT2D eigenvalue weighted by Crippen LogP contribution is 2.18. The van der Waals surface area contributed by atoms with E-state index in [4.69, 9.17) is 0 Å². The summed E-state index contributed by atoms with van der Waals surface area (Å²) in [7, 11) is 0. The van der Waals surface area contributed by atoms with Crippen LogP contribution in [0.25, 0.3) is 0 Å². The molecule has 2 atom stereocenters. The fourth-order valence-corrected chi connectivity index (χ4v) is 9.46. The van der Waals surface area contributed by atoms with Gasteiger partial charge in [-0.25, -0.2) is 0 Å². The monoisotopic (exact) mass is 988 g/mol. The molecule has 0 radical (unpaired) electrons. The normalized spacial score (nSPS) is 13.4. The number of unbranched alkanes of at least 4 members (excludes halogenated alkanes) is 36. The van der Waals surface area contributed by atoms with Crippen molar-refractivity contribution in [2.45, 2.75) is 328 Å². The van der Waals surface area contributed by atoms with Gasteiger partial charge < -0.3 is 15.5 Å². The van der Waals surface area contributed by atoms with E-state index in [0.29, 0.717) is 12.8 Å². The Kier molecular flexibility index (Phi) is 59.8. The molecule has 0 rings (SSSR count). The van der Waals surface area contributed by atoms with Gasteiger partial charge in [-0.2, -0.15) is 0 Å². The molecular formula is C67H121NO3. The summed E-state index contributed by atoms with van der Waals surface area (Å²) in [4.78, 5) is 12.5. The lowest BCUT2D eigenvalue weighted by Crippen LogP contribution is -2.45. The first kappa shape index (κ1) is 68.6. The highest BCUT2D eigenvalue weighted by Gasteiger charge is 2.20. The molecule has 0 heterocycles. The lowest BCUT2D eigenvalue weighted by Gasteiger charge is -2.22. The maximum atomic E-state index is 12.5. The van der Waals surface area contributed by atoms with E-state index >= 15 is 0 Å². The van der Waals surface area contributed by atoms with Gasteiger partial charge in [0.15, 0.2) is 0 Å². The van der Waals surface area contributed by atoms with Crippen LogP contribution in [0.5, 0.6) is 0 Å². The van der Waals surface area contributed by atoms with Crippen LogP contribution in [-0.2, 0) is 4.79 Å². The summed E-state index contributed by atoms with van der Waals surface area (Å²) < 4.78 is 0. The van der Waals surface area contributed by atoms with Crippen LogP contribution in [-0.4, -0.2) is 34.9 Å². The van der Waals surface area contributed by atoms with Crippen molar-refractivity contribution in [3.63, 3.8) is 0 Å². The molecule has 0 saturated heterocycles. The molecule has 3 N–H and O–H groups in total. The van der Waals surface area contributed by atoms with E-state index in [9.17, 15) is 15.0 Å². The van der Waals surface area contributed by atoms with Crippen LogP contribution in [0.15, 0.2) is 85.1 Å². The second kappa shape index (κ2) is 61.9. The second-order valence-electron chi connectivity index (χ2n) is 21.1. The maximum absolute atomic E-state index is 12.5. The summed E-state index contributed by atoms with van der Waals surface area (Å²) in [6.07, 6.45) is 90.2. The van der Waals surface area contributed by atoms with Gasteiger partial charge in [0.1, 0.15) is 0 Å². The number of carbonyl (C=O) groups excluding carboxylic acids is 1. The van der Waals surface area contributed by atoms with Crippen molar-refractivity contribution in [1.82, 2.24) is 5.32 Å². The van der Waals surface area contributed by atoms with Crippen molar-refractivity contribution in [2.75, 3.05) is 6.61 Å². The molecule has 1 amide bonds. The summed E-state index contributed by atoms with van der Waals surface area (Å²) in [6, 6.07) is -0.541. The Labute approximate surface area is 443 Å². The van der Waals surface area contributed by atoms with Crippen LogP contribution in [0.1, 0.15) is 316 Å². The van der Waals surface area contributed by atoms with Gasteiger partial charge in [0.2, 0.25) is 5.91 Å². The van der Waals surface area contributed by atoms with Gasteiger partial charge in [-0.3, -0.25) is 4.79 Å². The van der Waals surface area contributed by atoms with Crippen LogP contribution in [0.4, 0.5) is 0 Å². The van der Waals surface area contributed by atoms with Crippen LogP contribution in [0.2, 0.25) is 0 Å². The number of aliphatic hydroxyl groups excluding tert-OH is 2. The third-order valence-corrected chi connectivity index (χ3v) is 14.2. The van der Waals surface area contributed by atoms with E-state index in [-0.39, 0.29) is 12.5 Å². The molecule has 0 aliphatic heterocycles. The Hall–Kier alpha value is -2.43. The van der Waals surface area contributed by atoms with Gasteiger partial charge in [-0.05, 0) is 70.6 Å². The molecule has 0 aromatic carbocycles. The minimum Gasteiger partial charge on any atom is -0.394 e. The van der Waals surface area contributed by atoms with Gasteiger partial charge >= 0.3 is 0 Å². The SMILES string of the molecule is CC/C=C\C/C=C\C/C=C\C/C=C\C/C=C\C/C=C\C/C=C\CCCCCCCCCCCCCCCCCC(=O)NC(CO)C(O)CCCCCCCCCCCCCCCCCCCCCCCC. The summed E-state index contributed by atoms with van der Waals surface area (Å²) in [6.45, 7) is 4.27. The molecule has 0 bridgehead atoms.